The summed E-state index contributed by atoms with van der Waals surface area (Å²) < 4.78 is 0. The summed E-state index contributed by atoms with van der Waals surface area (Å²) in [4.78, 5) is 2.55. The van der Waals surface area contributed by atoms with Crippen LogP contribution < -0.4 is 16.0 Å². The van der Waals surface area contributed by atoms with E-state index in [9.17, 15) is 0 Å². The van der Waals surface area contributed by atoms with Crippen molar-refractivity contribution < 1.29 is 0 Å². The third-order valence-electron chi connectivity index (χ3n) is 2.89. The van der Waals surface area contributed by atoms with Gasteiger partial charge in [-0.1, -0.05) is 20.8 Å². The van der Waals surface area contributed by atoms with Gasteiger partial charge in [0.05, 0.1) is 0 Å². The molecule has 4 nitrogen and oxygen atoms in total. The smallest absolute Gasteiger partial charge is 0.0107 e. The number of nitrogens with one attached hydrogen (secondary N) is 3. The van der Waals surface area contributed by atoms with Crippen LogP contribution in [0, 0.1) is 0 Å². The predicted molar refractivity (Wildman–Crippen MR) is 81.3 cm³/mol. The topological polar surface area (TPSA) is 39.3 Å². The van der Waals surface area contributed by atoms with Crippen LogP contribution >= 0.6 is 0 Å². The summed E-state index contributed by atoms with van der Waals surface area (Å²) in [5.74, 6) is 0. The van der Waals surface area contributed by atoms with Crippen LogP contribution in [0.15, 0.2) is 0 Å². The molecule has 0 rings (SSSR count). The van der Waals surface area contributed by atoms with Gasteiger partial charge in [-0.05, 0) is 32.5 Å². The van der Waals surface area contributed by atoms with Crippen molar-refractivity contribution in [2.75, 3.05) is 58.9 Å². The Morgan fingerprint density at radius 3 is 1.61 bits per heavy atom. The minimum atomic E-state index is 1.06. The summed E-state index contributed by atoms with van der Waals surface area (Å²) in [7, 11) is 0. The molecule has 4 heteroatoms. The lowest BCUT2D eigenvalue weighted by molar-refractivity contribution is 0.274. The average molecular weight is 258 g/mol. The summed E-state index contributed by atoms with van der Waals surface area (Å²) in [5.41, 5.74) is 0. The van der Waals surface area contributed by atoms with E-state index in [4.69, 9.17) is 0 Å². The Morgan fingerprint density at radius 2 is 1.11 bits per heavy atom. The zero-order chi connectivity index (χ0) is 13.5. The first-order valence-electron chi connectivity index (χ1n) is 7.69. The van der Waals surface area contributed by atoms with E-state index in [1.165, 1.54) is 32.5 Å². The van der Waals surface area contributed by atoms with Gasteiger partial charge in [-0.3, -0.25) is 0 Å². The van der Waals surface area contributed by atoms with Crippen molar-refractivity contribution in [1.29, 1.82) is 0 Å². The maximum atomic E-state index is 3.50. The largest absolute Gasteiger partial charge is 0.316 e. The van der Waals surface area contributed by atoms with Gasteiger partial charge >= 0.3 is 0 Å². The molecule has 0 aliphatic heterocycles. The normalized spacial score (nSPS) is 11.3. The van der Waals surface area contributed by atoms with Crippen LogP contribution in [0.5, 0.6) is 0 Å². The minimum absolute atomic E-state index is 1.06. The number of likely N-dealkylation sites (N-methyl/N-ethyl adjacent to an activating group) is 1. The second kappa shape index (κ2) is 14.9. The van der Waals surface area contributed by atoms with E-state index in [1.54, 1.807) is 0 Å². The van der Waals surface area contributed by atoms with Gasteiger partial charge in [0.25, 0.3) is 0 Å². The SMILES string of the molecule is CCCN(CCC)CCNCCNCCNCC. The lowest BCUT2D eigenvalue weighted by Crippen LogP contribution is -2.37. The van der Waals surface area contributed by atoms with Gasteiger partial charge in [-0.25, -0.2) is 0 Å². The van der Waals surface area contributed by atoms with E-state index in [1.807, 2.05) is 0 Å². The zero-order valence-corrected chi connectivity index (χ0v) is 12.7. The quantitative estimate of drug-likeness (QED) is 0.405. The minimum Gasteiger partial charge on any atom is -0.316 e. The molecule has 0 aromatic heterocycles. The Morgan fingerprint density at radius 1 is 0.611 bits per heavy atom. The molecule has 0 aromatic rings. The Bertz CT molecular complexity index is 147. The molecule has 0 fully saturated rings. The van der Waals surface area contributed by atoms with Crippen LogP contribution in [0.4, 0.5) is 0 Å². The van der Waals surface area contributed by atoms with Crippen LogP contribution in [-0.4, -0.2) is 63.8 Å². The summed E-state index contributed by atoms with van der Waals surface area (Å²) in [6.07, 6.45) is 2.51. The molecule has 0 heterocycles. The summed E-state index contributed by atoms with van der Waals surface area (Å²) >= 11 is 0. The molecule has 0 amide bonds. The second-order valence-corrected chi connectivity index (χ2v) is 4.70. The Labute approximate surface area is 114 Å². The standard InChI is InChI=1S/C14H34N4/c1-4-12-18(13-5-2)14-11-17-10-9-16-8-7-15-6-3/h15-17H,4-14H2,1-3H3. The lowest BCUT2D eigenvalue weighted by atomic mass is 10.3. The summed E-state index contributed by atoms with van der Waals surface area (Å²) in [5, 5.41) is 10.2. The molecule has 0 aromatic carbocycles. The molecule has 0 atom stereocenters. The van der Waals surface area contributed by atoms with Gasteiger partial charge in [-0.15, -0.1) is 0 Å². The van der Waals surface area contributed by atoms with Gasteiger partial charge < -0.3 is 20.9 Å². The molecule has 0 aliphatic rings. The zero-order valence-electron chi connectivity index (χ0n) is 12.7. The van der Waals surface area contributed by atoms with E-state index in [-0.39, 0.29) is 0 Å². The molecule has 0 aliphatic carbocycles. The highest BCUT2D eigenvalue weighted by atomic mass is 15.1. The number of hydrogen-bond donors (Lipinski definition) is 3. The highest BCUT2D eigenvalue weighted by molar-refractivity contribution is 4.60. The molecule has 0 radical (unpaired) electrons. The molecular formula is C14H34N4. The van der Waals surface area contributed by atoms with Gasteiger partial charge in [0.2, 0.25) is 0 Å². The maximum absolute atomic E-state index is 3.50. The average Bonchev–Trinajstić information content (AvgIpc) is 2.37. The van der Waals surface area contributed by atoms with Crippen molar-refractivity contribution in [2.45, 2.75) is 33.6 Å². The van der Waals surface area contributed by atoms with E-state index >= 15 is 0 Å². The van der Waals surface area contributed by atoms with Crippen LogP contribution in [0.3, 0.4) is 0 Å². The monoisotopic (exact) mass is 258 g/mol. The van der Waals surface area contributed by atoms with E-state index in [0.717, 1.165) is 39.3 Å². The third kappa shape index (κ3) is 12.3. The van der Waals surface area contributed by atoms with Crippen LogP contribution in [-0.2, 0) is 0 Å². The Balaban J connectivity index is 3.21. The molecule has 0 saturated heterocycles. The van der Waals surface area contributed by atoms with Gasteiger partial charge in [0.1, 0.15) is 0 Å². The molecule has 0 saturated carbocycles. The lowest BCUT2D eigenvalue weighted by Gasteiger charge is -2.21. The van der Waals surface area contributed by atoms with Crippen molar-refractivity contribution in [1.82, 2.24) is 20.9 Å². The Kier molecular flexibility index (Phi) is 14.8. The molecule has 0 spiro atoms. The van der Waals surface area contributed by atoms with Crippen LogP contribution in [0.1, 0.15) is 33.6 Å². The molecule has 18 heavy (non-hydrogen) atoms. The van der Waals surface area contributed by atoms with Gasteiger partial charge in [-0.2, -0.15) is 0 Å². The molecule has 0 unspecified atom stereocenters. The third-order valence-corrected chi connectivity index (χ3v) is 2.89. The van der Waals surface area contributed by atoms with Gasteiger partial charge in [0, 0.05) is 39.3 Å². The maximum Gasteiger partial charge on any atom is 0.0107 e. The Hall–Kier alpha value is -0.160. The first kappa shape index (κ1) is 17.8. The number of rotatable bonds is 14. The molecule has 0 bridgehead atoms. The van der Waals surface area contributed by atoms with Crippen LogP contribution in [0.25, 0.3) is 0 Å². The summed E-state index contributed by atoms with van der Waals surface area (Å²) in [6, 6.07) is 0. The number of hydrogen-bond acceptors (Lipinski definition) is 4. The first-order chi connectivity index (χ1) is 8.85. The molecular weight excluding hydrogens is 224 g/mol. The second-order valence-electron chi connectivity index (χ2n) is 4.70. The molecule has 110 valence electrons. The van der Waals surface area contributed by atoms with E-state index in [0.29, 0.717) is 0 Å². The fourth-order valence-electron chi connectivity index (χ4n) is 1.99. The van der Waals surface area contributed by atoms with Crippen molar-refractivity contribution in [3.63, 3.8) is 0 Å². The van der Waals surface area contributed by atoms with Crippen LogP contribution in [0.2, 0.25) is 0 Å². The number of nitrogens with zero attached hydrogens (tertiary/aromatic N) is 1. The fraction of sp³-hybridized carbons (Fsp3) is 1.00. The summed E-state index contributed by atoms with van der Waals surface area (Å²) in [6.45, 7) is 16.7. The fourth-order valence-corrected chi connectivity index (χ4v) is 1.99. The predicted octanol–water partition coefficient (Wildman–Crippen LogP) is 0.897. The van der Waals surface area contributed by atoms with Crippen molar-refractivity contribution in [3.8, 4) is 0 Å². The van der Waals surface area contributed by atoms with E-state index < -0.39 is 0 Å². The highest BCUT2D eigenvalue weighted by Crippen LogP contribution is 1.92. The van der Waals surface area contributed by atoms with Crippen molar-refractivity contribution in [2.24, 2.45) is 0 Å². The van der Waals surface area contributed by atoms with Crippen molar-refractivity contribution in [3.05, 3.63) is 0 Å². The highest BCUT2D eigenvalue weighted by Gasteiger charge is 2.00. The van der Waals surface area contributed by atoms with Gasteiger partial charge in [0.15, 0.2) is 0 Å². The van der Waals surface area contributed by atoms with Crippen molar-refractivity contribution >= 4 is 0 Å². The molecule has 3 N–H and O–H groups in total. The first-order valence-corrected chi connectivity index (χ1v) is 7.69. The van der Waals surface area contributed by atoms with E-state index in [2.05, 4.69) is 41.6 Å².